The first-order valence-corrected chi connectivity index (χ1v) is 14.2. The van der Waals surface area contributed by atoms with Crippen molar-refractivity contribution in [2.45, 2.75) is 38.3 Å². The first-order chi connectivity index (χ1) is 7.50. The average Bonchev–Trinajstić information content (AvgIpc) is 2.24. The minimum atomic E-state index is -2.74. The number of unbranched alkanes of at least 4 members (excludes halogenated alkanes) is 1. The van der Waals surface area contributed by atoms with Gasteiger partial charge in [0.25, 0.3) is 0 Å². The Morgan fingerprint density at radius 2 is 2.19 bits per heavy atom. The van der Waals surface area contributed by atoms with Crippen molar-refractivity contribution in [2.75, 3.05) is 11.5 Å². The number of sulfone groups is 1. The fraction of sp³-hybridized carbons (Fsp3) is 1.00. The van der Waals surface area contributed by atoms with Crippen LogP contribution in [0.15, 0.2) is 0 Å². The maximum absolute atomic E-state index is 11.7. The van der Waals surface area contributed by atoms with Crippen LogP contribution in [-0.4, -0.2) is 25.6 Å². The van der Waals surface area contributed by atoms with Crippen LogP contribution in [0.2, 0.25) is 0 Å². The Labute approximate surface area is 107 Å². The third-order valence-corrected chi connectivity index (χ3v) is 16.4. The van der Waals surface area contributed by atoms with Crippen molar-refractivity contribution in [1.29, 1.82) is 0 Å². The predicted octanol–water partition coefficient (Wildman–Crippen LogP) is 3.64. The molecular weight excluding hydrogens is 296 g/mol. The van der Waals surface area contributed by atoms with E-state index >= 15 is 0 Å². The second kappa shape index (κ2) is 7.31. The summed E-state index contributed by atoms with van der Waals surface area (Å²) in [4.78, 5) is 0. The van der Waals surface area contributed by atoms with E-state index in [1.807, 2.05) is 0 Å². The van der Waals surface area contributed by atoms with Gasteiger partial charge in [0.2, 0.25) is 0 Å². The van der Waals surface area contributed by atoms with Crippen molar-refractivity contribution in [2.24, 2.45) is 5.92 Å². The lowest BCUT2D eigenvalue weighted by atomic mass is 9.98. The summed E-state index contributed by atoms with van der Waals surface area (Å²) in [7, 11) is 3.90. The molecule has 6 atom stereocenters. The molecule has 1 aliphatic heterocycles. The van der Waals surface area contributed by atoms with E-state index in [9.17, 15) is 8.42 Å². The molecule has 0 aliphatic carbocycles. The molecular formula is C9H22O2P4S. The molecule has 0 amide bonds. The van der Waals surface area contributed by atoms with E-state index < -0.39 is 9.84 Å². The highest BCUT2D eigenvalue weighted by Gasteiger charge is 2.35. The molecule has 1 aliphatic rings. The third-order valence-electron chi connectivity index (χ3n) is 3.17. The average molecular weight is 318 g/mol. The molecule has 1 saturated heterocycles. The molecule has 7 heteroatoms. The molecule has 4 unspecified atom stereocenters. The summed E-state index contributed by atoms with van der Waals surface area (Å²) in [6.07, 6.45) is 4.34. The summed E-state index contributed by atoms with van der Waals surface area (Å²) >= 11 is 0. The SMILES string of the molecule is CCCC[C@H]1CS(=O)(=O)CC[C@H]1P(P)PP. The Morgan fingerprint density at radius 3 is 2.75 bits per heavy atom. The zero-order chi connectivity index (χ0) is 12.2. The number of hydrogen-bond donors (Lipinski definition) is 0. The molecule has 0 spiro atoms. The molecule has 1 rings (SSSR count). The van der Waals surface area contributed by atoms with Crippen molar-refractivity contribution in [1.82, 2.24) is 0 Å². The Hall–Kier alpha value is 1.67. The molecule has 0 aromatic rings. The van der Waals surface area contributed by atoms with Gasteiger partial charge < -0.3 is 0 Å². The van der Waals surface area contributed by atoms with Gasteiger partial charge in [-0.2, -0.15) is 0 Å². The highest BCUT2D eigenvalue weighted by atomic mass is 32.6. The van der Waals surface area contributed by atoms with Gasteiger partial charge in [-0.15, -0.1) is 17.9 Å². The van der Waals surface area contributed by atoms with Crippen molar-refractivity contribution in [3.8, 4) is 0 Å². The molecule has 1 fully saturated rings. The maximum atomic E-state index is 11.7. The van der Waals surface area contributed by atoms with E-state index in [2.05, 4.69) is 24.8 Å². The standard InChI is InChI=1S/C9H22O2P4S/c1-2-3-4-8-7-16(10,11)6-5-9(8)15(13)14-12/h8-9,14H,2-7,12-13H2,1H3/t8-,9+,15?/m0/s1. The molecule has 0 aromatic heterocycles. The summed E-state index contributed by atoms with van der Waals surface area (Å²) in [5.74, 6) is 1.29. The van der Waals surface area contributed by atoms with Crippen LogP contribution in [0.3, 0.4) is 0 Å². The highest BCUT2D eigenvalue weighted by Crippen LogP contribution is 2.71. The molecule has 0 saturated carbocycles. The van der Waals surface area contributed by atoms with E-state index in [0.29, 0.717) is 23.1 Å². The fourth-order valence-electron chi connectivity index (χ4n) is 2.26. The zero-order valence-electron chi connectivity index (χ0n) is 9.72. The lowest BCUT2D eigenvalue weighted by molar-refractivity contribution is 0.453. The molecule has 0 radical (unpaired) electrons. The smallest absolute Gasteiger partial charge is 0.150 e. The Bertz CT molecular complexity index is 307. The van der Waals surface area contributed by atoms with E-state index in [1.54, 1.807) is 0 Å². The van der Waals surface area contributed by atoms with Gasteiger partial charge >= 0.3 is 0 Å². The van der Waals surface area contributed by atoms with Crippen LogP contribution in [0.25, 0.3) is 0 Å². The molecule has 0 bridgehead atoms. The van der Waals surface area contributed by atoms with Gasteiger partial charge in [-0.1, -0.05) is 35.0 Å². The van der Waals surface area contributed by atoms with Crippen LogP contribution in [-0.2, 0) is 9.84 Å². The van der Waals surface area contributed by atoms with Crippen LogP contribution >= 0.6 is 33.1 Å². The molecule has 0 N–H and O–H groups in total. The van der Waals surface area contributed by atoms with Crippen LogP contribution in [0.1, 0.15) is 32.6 Å². The minimum Gasteiger partial charge on any atom is -0.229 e. The van der Waals surface area contributed by atoms with Gasteiger partial charge in [0, 0.05) is 0 Å². The van der Waals surface area contributed by atoms with Gasteiger partial charge in [-0.05, 0) is 24.4 Å². The van der Waals surface area contributed by atoms with Crippen molar-refractivity contribution in [3.63, 3.8) is 0 Å². The molecule has 96 valence electrons. The van der Waals surface area contributed by atoms with E-state index in [-0.39, 0.29) is 7.30 Å². The lowest BCUT2D eigenvalue weighted by Gasteiger charge is -2.35. The first-order valence-electron chi connectivity index (χ1n) is 5.70. The van der Waals surface area contributed by atoms with Crippen molar-refractivity contribution >= 4 is 43.0 Å². The monoisotopic (exact) mass is 318 g/mol. The van der Waals surface area contributed by atoms with Crippen LogP contribution in [0.4, 0.5) is 0 Å². The quantitative estimate of drug-likeness (QED) is 0.725. The second-order valence-corrected chi connectivity index (χ2v) is 16.2. The fourth-order valence-corrected chi connectivity index (χ4v) is 10.2. The molecule has 0 aromatic carbocycles. The van der Waals surface area contributed by atoms with E-state index in [4.69, 9.17) is 0 Å². The Kier molecular flexibility index (Phi) is 7.18. The van der Waals surface area contributed by atoms with Crippen molar-refractivity contribution < 1.29 is 8.42 Å². The summed E-state index contributed by atoms with van der Waals surface area (Å²) in [6, 6.07) is 0. The molecule has 1 heterocycles. The zero-order valence-corrected chi connectivity index (χ0v) is 14.7. The van der Waals surface area contributed by atoms with E-state index in [1.165, 1.54) is 12.8 Å². The topological polar surface area (TPSA) is 34.1 Å². The largest absolute Gasteiger partial charge is 0.229 e. The van der Waals surface area contributed by atoms with Gasteiger partial charge in [0.15, 0.2) is 9.84 Å². The summed E-state index contributed by atoms with van der Waals surface area (Å²) in [5.41, 5.74) is 0.658. The number of rotatable bonds is 5. The lowest BCUT2D eigenvalue weighted by Crippen LogP contribution is -2.34. The van der Waals surface area contributed by atoms with Crippen molar-refractivity contribution in [3.05, 3.63) is 0 Å². The van der Waals surface area contributed by atoms with Crippen LogP contribution in [0, 0.1) is 5.92 Å². The van der Waals surface area contributed by atoms with Crippen LogP contribution < -0.4 is 0 Å². The van der Waals surface area contributed by atoms with Gasteiger partial charge in [0.1, 0.15) is 0 Å². The normalized spacial score (nSPS) is 31.9. The Balaban J connectivity index is 2.67. The van der Waals surface area contributed by atoms with Gasteiger partial charge in [-0.25, -0.2) is 8.42 Å². The summed E-state index contributed by atoms with van der Waals surface area (Å²) in [5, 5.41) is 0. The number of hydrogen-bond acceptors (Lipinski definition) is 2. The second-order valence-electron chi connectivity index (χ2n) is 4.41. The van der Waals surface area contributed by atoms with Gasteiger partial charge in [0.05, 0.1) is 11.5 Å². The third kappa shape index (κ3) is 4.74. The Morgan fingerprint density at radius 1 is 1.50 bits per heavy atom. The maximum Gasteiger partial charge on any atom is 0.150 e. The highest BCUT2D eigenvalue weighted by molar-refractivity contribution is 8.61. The molecule has 16 heavy (non-hydrogen) atoms. The molecule has 2 nitrogen and oxygen atoms in total. The van der Waals surface area contributed by atoms with Gasteiger partial charge in [-0.3, -0.25) is 0 Å². The summed E-state index contributed by atoms with van der Waals surface area (Å²) < 4.78 is 23.4. The minimum absolute atomic E-state index is 0.0509. The first kappa shape index (κ1) is 15.7. The van der Waals surface area contributed by atoms with Crippen LogP contribution in [0.5, 0.6) is 0 Å². The summed E-state index contributed by atoms with van der Waals surface area (Å²) in [6.45, 7) is 2.17. The van der Waals surface area contributed by atoms with E-state index in [0.717, 1.165) is 20.8 Å². The predicted molar refractivity (Wildman–Crippen MR) is 84.7 cm³/mol.